The van der Waals surface area contributed by atoms with Crippen LogP contribution in [0.15, 0.2) is 18.2 Å². The molecule has 0 saturated heterocycles. The quantitative estimate of drug-likeness (QED) is 0.871. The summed E-state index contributed by atoms with van der Waals surface area (Å²) in [6, 6.07) is 5.12. The van der Waals surface area contributed by atoms with Gasteiger partial charge < -0.3 is 10.2 Å². The minimum absolute atomic E-state index is 0.150. The molecular formula is C13H17ClO3. The lowest BCUT2D eigenvalue weighted by atomic mass is 9.86. The summed E-state index contributed by atoms with van der Waals surface area (Å²) < 4.78 is 0. The number of hydrogen-bond donors (Lipinski definition) is 2. The van der Waals surface area contributed by atoms with E-state index in [1.54, 1.807) is 32.0 Å². The van der Waals surface area contributed by atoms with E-state index in [1.165, 1.54) is 0 Å². The highest BCUT2D eigenvalue weighted by Gasteiger charge is 2.30. The largest absolute Gasteiger partial charge is 0.481 e. The van der Waals surface area contributed by atoms with Gasteiger partial charge in [0.1, 0.15) is 0 Å². The summed E-state index contributed by atoms with van der Waals surface area (Å²) in [5, 5.41) is 19.7. The van der Waals surface area contributed by atoms with Crippen LogP contribution in [0.2, 0.25) is 5.02 Å². The molecule has 0 spiro atoms. The van der Waals surface area contributed by atoms with Crippen LogP contribution in [0.4, 0.5) is 0 Å². The SMILES string of the molecule is Cc1ccc(C(O)C(C(=O)O)C(C)C)cc1Cl. The molecule has 0 aliphatic carbocycles. The van der Waals surface area contributed by atoms with Crippen molar-refractivity contribution in [3.8, 4) is 0 Å². The van der Waals surface area contributed by atoms with Crippen LogP contribution in [0.1, 0.15) is 31.1 Å². The molecule has 1 aromatic rings. The lowest BCUT2D eigenvalue weighted by molar-refractivity contribution is -0.148. The topological polar surface area (TPSA) is 57.5 Å². The smallest absolute Gasteiger partial charge is 0.309 e. The van der Waals surface area contributed by atoms with E-state index in [0.717, 1.165) is 5.56 Å². The summed E-state index contributed by atoms with van der Waals surface area (Å²) in [6.07, 6.45) is -1.04. The van der Waals surface area contributed by atoms with Gasteiger partial charge in [0.2, 0.25) is 0 Å². The van der Waals surface area contributed by atoms with Crippen molar-refractivity contribution in [2.24, 2.45) is 11.8 Å². The zero-order chi connectivity index (χ0) is 13.2. The van der Waals surface area contributed by atoms with Crippen molar-refractivity contribution in [1.82, 2.24) is 0 Å². The molecule has 3 nitrogen and oxygen atoms in total. The highest BCUT2D eigenvalue weighted by atomic mass is 35.5. The fourth-order valence-electron chi connectivity index (χ4n) is 1.79. The van der Waals surface area contributed by atoms with Gasteiger partial charge in [0, 0.05) is 5.02 Å². The molecule has 0 aromatic heterocycles. The molecule has 0 fully saturated rings. The minimum atomic E-state index is -1.04. The van der Waals surface area contributed by atoms with Crippen molar-refractivity contribution >= 4 is 17.6 Å². The Kier molecular flexibility index (Phi) is 4.54. The van der Waals surface area contributed by atoms with Crippen molar-refractivity contribution in [2.45, 2.75) is 26.9 Å². The second-order valence-electron chi connectivity index (χ2n) is 4.56. The maximum absolute atomic E-state index is 11.1. The van der Waals surface area contributed by atoms with Crippen LogP contribution in [-0.2, 0) is 4.79 Å². The predicted molar refractivity (Wildman–Crippen MR) is 67.1 cm³/mol. The van der Waals surface area contributed by atoms with Crippen LogP contribution >= 0.6 is 11.6 Å². The highest BCUT2D eigenvalue weighted by Crippen LogP contribution is 2.30. The zero-order valence-corrected chi connectivity index (χ0v) is 10.9. The van der Waals surface area contributed by atoms with Gasteiger partial charge >= 0.3 is 5.97 Å². The predicted octanol–water partition coefficient (Wildman–Crippen LogP) is 3.04. The molecule has 0 amide bonds. The zero-order valence-electron chi connectivity index (χ0n) is 10.1. The Labute approximate surface area is 106 Å². The van der Waals surface area contributed by atoms with Gasteiger partial charge in [-0.3, -0.25) is 4.79 Å². The number of halogens is 1. The van der Waals surface area contributed by atoms with Crippen LogP contribution in [-0.4, -0.2) is 16.2 Å². The highest BCUT2D eigenvalue weighted by molar-refractivity contribution is 6.31. The first-order valence-corrected chi connectivity index (χ1v) is 5.89. The first-order chi connectivity index (χ1) is 7.84. The Hall–Kier alpha value is -1.06. The van der Waals surface area contributed by atoms with Crippen molar-refractivity contribution in [3.63, 3.8) is 0 Å². The monoisotopic (exact) mass is 256 g/mol. The molecule has 1 rings (SSSR count). The number of benzene rings is 1. The first-order valence-electron chi connectivity index (χ1n) is 5.51. The van der Waals surface area contributed by atoms with Gasteiger partial charge in [-0.1, -0.05) is 37.6 Å². The second kappa shape index (κ2) is 5.52. The fraction of sp³-hybridized carbons (Fsp3) is 0.462. The van der Waals surface area contributed by atoms with Gasteiger partial charge in [0.05, 0.1) is 12.0 Å². The molecule has 0 aliphatic heterocycles. The summed E-state index contributed by atoms with van der Waals surface area (Å²) >= 11 is 5.96. The van der Waals surface area contributed by atoms with Crippen LogP contribution in [0, 0.1) is 18.8 Å². The summed E-state index contributed by atoms with van der Waals surface area (Å²) in [5.74, 6) is -1.97. The summed E-state index contributed by atoms with van der Waals surface area (Å²) in [6.45, 7) is 5.41. The Morgan fingerprint density at radius 3 is 2.35 bits per heavy atom. The maximum atomic E-state index is 11.1. The van der Waals surface area contributed by atoms with Crippen molar-refractivity contribution < 1.29 is 15.0 Å². The molecule has 0 aliphatic rings. The van der Waals surface area contributed by atoms with E-state index >= 15 is 0 Å². The van der Waals surface area contributed by atoms with E-state index in [0.29, 0.717) is 10.6 Å². The number of aliphatic carboxylic acids is 1. The van der Waals surface area contributed by atoms with Crippen LogP contribution in [0.25, 0.3) is 0 Å². The number of aliphatic hydroxyl groups excluding tert-OH is 1. The van der Waals surface area contributed by atoms with E-state index in [4.69, 9.17) is 16.7 Å². The molecule has 2 unspecified atom stereocenters. The third kappa shape index (κ3) is 3.20. The van der Waals surface area contributed by atoms with Crippen molar-refractivity contribution in [1.29, 1.82) is 0 Å². The summed E-state index contributed by atoms with van der Waals surface area (Å²) in [7, 11) is 0. The molecule has 2 N–H and O–H groups in total. The average Bonchev–Trinajstić information content (AvgIpc) is 2.20. The number of carboxylic acid groups (broad SMARTS) is 1. The van der Waals surface area contributed by atoms with E-state index in [-0.39, 0.29) is 5.92 Å². The molecule has 0 radical (unpaired) electrons. The lowest BCUT2D eigenvalue weighted by Crippen LogP contribution is -2.26. The van der Waals surface area contributed by atoms with Gasteiger partial charge in [-0.15, -0.1) is 0 Å². The van der Waals surface area contributed by atoms with E-state index in [2.05, 4.69) is 0 Å². The molecule has 0 bridgehead atoms. The fourth-order valence-corrected chi connectivity index (χ4v) is 1.97. The summed E-state index contributed by atoms with van der Waals surface area (Å²) in [5.41, 5.74) is 1.45. The van der Waals surface area contributed by atoms with E-state index in [1.807, 2.05) is 6.92 Å². The molecule has 17 heavy (non-hydrogen) atoms. The molecule has 0 saturated carbocycles. The third-order valence-electron chi connectivity index (χ3n) is 2.88. The Bertz CT molecular complexity index is 415. The number of aryl methyl sites for hydroxylation is 1. The average molecular weight is 257 g/mol. The van der Waals surface area contributed by atoms with Gasteiger partial charge in [0.15, 0.2) is 0 Å². The minimum Gasteiger partial charge on any atom is -0.481 e. The number of aliphatic hydroxyl groups is 1. The molecule has 1 aromatic carbocycles. The normalized spacial score (nSPS) is 14.7. The Morgan fingerprint density at radius 2 is 1.94 bits per heavy atom. The van der Waals surface area contributed by atoms with E-state index in [9.17, 15) is 9.90 Å². The summed E-state index contributed by atoms with van der Waals surface area (Å²) in [4.78, 5) is 11.1. The first kappa shape index (κ1) is 14.0. The van der Waals surface area contributed by atoms with Crippen LogP contribution in [0.5, 0.6) is 0 Å². The van der Waals surface area contributed by atoms with E-state index < -0.39 is 18.0 Å². The lowest BCUT2D eigenvalue weighted by Gasteiger charge is -2.23. The maximum Gasteiger partial charge on any atom is 0.309 e. The van der Waals surface area contributed by atoms with Crippen molar-refractivity contribution in [3.05, 3.63) is 34.3 Å². The Balaban J connectivity index is 3.05. The molecule has 2 atom stereocenters. The molecular weight excluding hydrogens is 240 g/mol. The molecule has 0 heterocycles. The molecule has 4 heteroatoms. The van der Waals surface area contributed by atoms with Crippen LogP contribution in [0.3, 0.4) is 0 Å². The van der Waals surface area contributed by atoms with Gasteiger partial charge in [-0.25, -0.2) is 0 Å². The Morgan fingerprint density at radius 1 is 1.35 bits per heavy atom. The number of carbonyl (C=O) groups is 1. The standard InChI is InChI=1S/C13H17ClO3/c1-7(2)11(13(16)17)12(15)9-5-4-8(3)10(14)6-9/h4-7,11-12,15H,1-3H3,(H,16,17). The van der Waals surface area contributed by atoms with Gasteiger partial charge in [-0.05, 0) is 30.0 Å². The van der Waals surface area contributed by atoms with Gasteiger partial charge in [0.25, 0.3) is 0 Å². The number of carboxylic acids is 1. The van der Waals surface area contributed by atoms with Gasteiger partial charge in [-0.2, -0.15) is 0 Å². The molecule has 94 valence electrons. The van der Waals surface area contributed by atoms with Crippen molar-refractivity contribution in [2.75, 3.05) is 0 Å². The number of rotatable bonds is 4. The number of hydrogen-bond acceptors (Lipinski definition) is 2. The second-order valence-corrected chi connectivity index (χ2v) is 4.97. The third-order valence-corrected chi connectivity index (χ3v) is 3.29. The van der Waals surface area contributed by atoms with Crippen LogP contribution < -0.4 is 0 Å².